The van der Waals surface area contributed by atoms with Gasteiger partial charge in [0.1, 0.15) is 11.8 Å². The summed E-state index contributed by atoms with van der Waals surface area (Å²) in [5.41, 5.74) is 0. The fraction of sp³-hybridized carbons (Fsp3) is 1.00. The second kappa shape index (κ2) is 8.70. The third-order valence-electron chi connectivity index (χ3n) is 1.96. The van der Waals surface area contributed by atoms with Crippen molar-refractivity contribution < 1.29 is 52.7 Å². The van der Waals surface area contributed by atoms with Crippen LogP contribution in [0.2, 0.25) is 0 Å². The average molecular weight is 362 g/mol. The maximum Gasteiger partial charge on any atom is 0.400 e. The van der Waals surface area contributed by atoms with E-state index in [4.69, 9.17) is 0 Å². The second-order valence-electron chi connectivity index (χ2n) is 3.61. The fourth-order valence-electron chi connectivity index (χ4n) is 0.371. The van der Waals surface area contributed by atoms with Gasteiger partial charge < -0.3 is 0 Å². The van der Waals surface area contributed by atoms with Crippen LogP contribution in [0.25, 0.3) is 0 Å². The lowest BCUT2D eigenvalue weighted by molar-refractivity contribution is -0.279. The molecule has 0 aliphatic rings. The third kappa shape index (κ3) is 11.8. The zero-order valence-electron chi connectivity index (χ0n) is 11.7. The highest BCUT2D eigenvalue weighted by Gasteiger charge is 2.53. The average Bonchev–Trinajstić information content (AvgIpc) is 2.25. The lowest BCUT2D eigenvalue weighted by atomic mass is 10.2. The van der Waals surface area contributed by atoms with E-state index in [0.29, 0.717) is 0 Å². The van der Waals surface area contributed by atoms with Gasteiger partial charge in [-0.1, -0.05) is 13.8 Å². The summed E-state index contributed by atoms with van der Waals surface area (Å²) in [4.78, 5) is 0. The molecule has 0 heterocycles. The zero-order valence-corrected chi connectivity index (χ0v) is 11.7. The Balaban J connectivity index is -0.000000294. The largest absolute Gasteiger partial charge is 0.400 e. The van der Waals surface area contributed by atoms with E-state index in [9.17, 15) is 52.7 Å². The molecule has 0 bridgehead atoms. The predicted octanol–water partition coefficient (Wildman–Crippen LogP) is 6.52. The molecular weight excluding hydrogens is 348 g/mol. The zero-order chi connectivity index (χ0) is 19.2. The van der Waals surface area contributed by atoms with Gasteiger partial charge in [-0.25, -0.2) is 0 Å². The molecule has 0 aromatic carbocycles. The molecule has 0 aliphatic carbocycles. The highest BCUT2D eigenvalue weighted by atomic mass is 19.4. The van der Waals surface area contributed by atoms with E-state index < -0.39 is 36.5 Å². The van der Waals surface area contributed by atoms with Crippen LogP contribution in [0, 0.1) is 11.8 Å². The molecule has 0 aromatic heterocycles. The molecule has 0 spiro atoms. The van der Waals surface area contributed by atoms with Gasteiger partial charge in [0.25, 0.3) is 0 Å². The van der Waals surface area contributed by atoms with Crippen molar-refractivity contribution >= 4 is 0 Å². The monoisotopic (exact) mass is 362 g/mol. The van der Waals surface area contributed by atoms with Crippen molar-refractivity contribution in [2.75, 3.05) is 0 Å². The van der Waals surface area contributed by atoms with Gasteiger partial charge in [0, 0.05) is 0 Å². The highest BCUT2D eigenvalue weighted by Crippen LogP contribution is 2.39. The van der Waals surface area contributed by atoms with Crippen molar-refractivity contribution in [3.8, 4) is 0 Å². The Morgan fingerprint density at radius 2 is 0.500 bits per heavy atom. The van der Waals surface area contributed by atoms with E-state index in [2.05, 4.69) is 0 Å². The fourth-order valence-corrected chi connectivity index (χ4v) is 0.371. The summed E-state index contributed by atoms with van der Waals surface area (Å²) in [7, 11) is 0. The molecule has 0 saturated carbocycles. The first-order chi connectivity index (χ1) is 9.31. The summed E-state index contributed by atoms with van der Waals surface area (Å²) in [6.07, 6.45) is -20.7. The molecule has 0 aliphatic heterocycles. The number of rotatable bonds is 0. The predicted molar refractivity (Wildman–Crippen MR) is 53.9 cm³/mol. The lowest BCUT2D eigenvalue weighted by Gasteiger charge is -2.17. The molecule has 0 unspecified atom stereocenters. The molecule has 22 heavy (non-hydrogen) atoms. The molecule has 0 N–H and O–H groups in total. The van der Waals surface area contributed by atoms with Crippen LogP contribution in [0.5, 0.6) is 0 Å². The Kier molecular flexibility index (Phi) is 10.3. The Hall–Kier alpha value is -0.840. The van der Waals surface area contributed by atoms with Gasteiger partial charge in [0.2, 0.25) is 0 Å². The van der Waals surface area contributed by atoms with Crippen LogP contribution in [0.1, 0.15) is 27.7 Å². The lowest BCUT2D eigenvalue weighted by Crippen LogP contribution is -2.33. The molecule has 0 atom stereocenters. The Morgan fingerprint density at radius 1 is 0.409 bits per heavy atom. The summed E-state index contributed by atoms with van der Waals surface area (Å²) in [5.74, 6) is -6.47. The Bertz CT molecular complexity index is 220. The van der Waals surface area contributed by atoms with Gasteiger partial charge in [0.05, 0.1) is 0 Å². The number of hydrogen-bond acceptors (Lipinski definition) is 0. The van der Waals surface area contributed by atoms with Crippen molar-refractivity contribution in [3.05, 3.63) is 0 Å². The standard InChI is InChI=1S/2C4H4F6.C2H6/c2*1-2(3(5,6)7)4(8,9)10;1-2/h2*2H,1H3;1-2H3. The van der Waals surface area contributed by atoms with Gasteiger partial charge in [0.15, 0.2) is 0 Å². The normalized spacial score (nSPS) is 13.4. The first-order valence-electron chi connectivity index (χ1n) is 5.58. The number of halogens is 12. The molecule has 12 heteroatoms. The highest BCUT2D eigenvalue weighted by molar-refractivity contribution is 4.70. The minimum Gasteiger partial charge on any atom is -0.170 e. The molecule has 0 radical (unpaired) electrons. The van der Waals surface area contributed by atoms with Crippen molar-refractivity contribution in [1.82, 2.24) is 0 Å². The maximum absolute atomic E-state index is 11.2. The molecular formula is C10H14F12. The third-order valence-corrected chi connectivity index (χ3v) is 1.96. The molecule has 0 nitrogen and oxygen atoms in total. The van der Waals surface area contributed by atoms with Crippen LogP contribution >= 0.6 is 0 Å². The number of alkyl halides is 12. The van der Waals surface area contributed by atoms with Crippen LogP contribution in [0.15, 0.2) is 0 Å². The van der Waals surface area contributed by atoms with Crippen LogP contribution < -0.4 is 0 Å². The van der Waals surface area contributed by atoms with Gasteiger partial charge in [-0.2, -0.15) is 52.7 Å². The van der Waals surface area contributed by atoms with E-state index in [1.54, 1.807) is 0 Å². The van der Waals surface area contributed by atoms with Crippen molar-refractivity contribution in [2.45, 2.75) is 52.4 Å². The maximum atomic E-state index is 11.2. The van der Waals surface area contributed by atoms with Gasteiger partial charge in [-0.05, 0) is 13.8 Å². The van der Waals surface area contributed by atoms with Crippen LogP contribution in [0.4, 0.5) is 52.7 Å². The Labute approximate surface area is 118 Å². The summed E-state index contributed by atoms with van der Waals surface area (Å²) >= 11 is 0. The first-order valence-corrected chi connectivity index (χ1v) is 5.58. The summed E-state index contributed by atoms with van der Waals surface area (Å²) in [6.45, 7) is 4.17. The van der Waals surface area contributed by atoms with Crippen LogP contribution in [0.3, 0.4) is 0 Å². The SMILES string of the molecule is CC.CC(C(F)(F)F)C(F)(F)F.CC(C(F)(F)F)C(F)(F)F. The van der Waals surface area contributed by atoms with E-state index in [0.717, 1.165) is 0 Å². The smallest absolute Gasteiger partial charge is 0.170 e. The molecule has 0 amide bonds. The topological polar surface area (TPSA) is 0 Å². The minimum absolute atomic E-state index is 0.0833. The van der Waals surface area contributed by atoms with Crippen LogP contribution in [-0.2, 0) is 0 Å². The quantitative estimate of drug-likeness (QED) is 0.430. The minimum atomic E-state index is -5.18. The van der Waals surface area contributed by atoms with E-state index in [1.807, 2.05) is 13.8 Å². The summed E-state index contributed by atoms with van der Waals surface area (Å²) in [5, 5.41) is 0. The van der Waals surface area contributed by atoms with E-state index >= 15 is 0 Å². The van der Waals surface area contributed by atoms with E-state index in [-0.39, 0.29) is 13.8 Å². The second-order valence-corrected chi connectivity index (χ2v) is 3.61. The van der Waals surface area contributed by atoms with Crippen molar-refractivity contribution in [3.63, 3.8) is 0 Å². The van der Waals surface area contributed by atoms with Crippen LogP contribution in [-0.4, -0.2) is 24.7 Å². The van der Waals surface area contributed by atoms with E-state index in [1.165, 1.54) is 0 Å². The molecule has 0 rings (SSSR count). The molecule has 0 aromatic rings. The first kappa shape index (κ1) is 26.1. The van der Waals surface area contributed by atoms with Gasteiger partial charge in [-0.15, -0.1) is 0 Å². The molecule has 138 valence electrons. The van der Waals surface area contributed by atoms with Crippen molar-refractivity contribution in [2.24, 2.45) is 11.8 Å². The summed E-state index contributed by atoms with van der Waals surface area (Å²) < 4.78 is 135. The number of hydrogen-bond donors (Lipinski definition) is 0. The molecule has 0 saturated heterocycles. The summed E-state index contributed by atoms with van der Waals surface area (Å²) in [6, 6.07) is 0. The Morgan fingerprint density at radius 3 is 0.500 bits per heavy atom. The van der Waals surface area contributed by atoms with Crippen molar-refractivity contribution in [1.29, 1.82) is 0 Å². The van der Waals surface area contributed by atoms with Gasteiger partial charge >= 0.3 is 24.7 Å². The molecule has 0 fully saturated rings. The van der Waals surface area contributed by atoms with Gasteiger partial charge in [-0.3, -0.25) is 0 Å².